The summed E-state index contributed by atoms with van der Waals surface area (Å²) in [5.41, 5.74) is 13.0. The Hall–Kier alpha value is -5.39. The number of imidazole rings is 1. The van der Waals surface area contributed by atoms with Crippen LogP contribution in [0.15, 0.2) is 150 Å². The number of hydrogen-bond donors (Lipinski definition) is 0. The molecule has 263 valence electrons. The molecule has 1 radical (unpaired) electrons. The molecule has 4 nitrogen and oxygen atoms in total. The minimum Gasteiger partial charge on any atom is -0.501 e. The fraction of sp³-hybridized carbons (Fsp3) is 0.106. The predicted molar refractivity (Wildman–Crippen MR) is 219 cm³/mol. The Balaban J connectivity index is 0.000000163. The zero-order chi connectivity index (χ0) is 35.8. The summed E-state index contributed by atoms with van der Waals surface area (Å²) < 4.78 is 8.41. The molecule has 6 aromatic carbocycles. The third-order valence-electron chi connectivity index (χ3n) is 9.58. The zero-order valence-electron chi connectivity index (χ0n) is 30.4. The largest absolute Gasteiger partial charge is 0.501 e. The molecular weight excluding hydrogens is 843 g/mol. The second kappa shape index (κ2) is 14.9. The van der Waals surface area contributed by atoms with Crippen molar-refractivity contribution >= 4 is 46.2 Å². The van der Waals surface area contributed by atoms with Crippen LogP contribution in [0.1, 0.15) is 11.1 Å². The van der Waals surface area contributed by atoms with E-state index in [1.807, 2.05) is 78.9 Å². The van der Waals surface area contributed by atoms with Crippen LogP contribution in [0.25, 0.3) is 72.4 Å². The molecule has 0 aliphatic rings. The van der Waals surface area contributed by atoms with Gasteiger partial charge >= 0.3 is 0 Å². The molecule has 0 fully saturated rings. The molecule has 9 rings (SSSR count). The molecule has 0 saturated carbocycles. The second-order valence-electron chi connectivity index (χ2n) is 14.2. The normalized spacial score (nSPS) is 11.3. The van der Waals surface area contributed by atoms with E-state index in [2.05, 4.69) is 117 Å². The van der Waals surface area contributed by atoms with Crippen LogP contribution in [0.3, 0.4) is 0 Å². The molecule has 6 heteroatoms. The van der Waals surface area contributed by atoms with E-state index in [0.717, 1.165) is 61.3 Å². The molecule has 0 unspecified atom stereocenters. The molecule has 0 aliphatic heterocycles. The van der Waals surface area contributed by atoms with Gasteiger partial charge in [0.25, 0.3) is 0 Å². The molecule has 3 aromatic heterocycles. The molecule has 0 spiro atoms. The van der Waals surface area contributed by atoms with Gasteiger partial charge in [0, 0.05) is 37.4 Å². The van der Waals surface area contributed by atoms with E-state index >= 15 is 0 Å². The molecule has 0 bridgehead atoms. The molecule has 0 amide bonds. The number of hydrogen-bond acceptors (Lipinski definition) is 3. The number of rotatable bonds is 5. The zero-order valence-corrected chi connectivity index (χ0v) is 33.8. The van der Waals surface area contributed by atoms with E-state index in [0.29, 0.717) is 0 Å². The monoisotopic (exact) mass is 882 g/mol. The van der Waals surface area contributed by atoms with Crippen molar-refractivity contribution in [1.82, 2.24) is 14.5 Å². The number of nitrogens with zero attached hydrogens (tertiary/aromatic N) is 3. The van der Waals surface area contributed by atoms with Crippen LogP contribution in [0.2, 0.25) is 19.6 Å². The SMILES string of the molecule is Cc1cccc(C)c1-c1cc(-c2[c-]cccc2)ncc1[Si](C)(C)C.[Ir].[c-]1ccc2c(oc3ccccc32)c1-c1nc2ccccc2n1-c1ccccc1. The molecule has 9 aromatic rings. The van der Waals surface area contributed by atoms with Crippen molar-refractivity contribution in [3.8, 4) is 39.5 Å². The predicted octanol–water partition coefficient (Wildman–Crippen LogP) is 11.8. The van der Waals surface area contributed by atoms with Crippen LogP contribution in [-0.2, 0) is 20.1 Å². The van der Waals surface area contributed by atoms with Crippen molar-refractivity contribution in [3.63, 3.8) is 0 Å². The maximum Gasteiger partial charge on any atom is 0.120 e. The van der Waals surface area contributed by atoms with Gasteiger partial charge in [0.1, 0.15) is 5.58 Å². The smallest absolute Gasteiger partial charge is 0.120 e. The number of aromatic nitrogens is 3. The van der Waals surface area contributed by atoms with E-state index in [1.165, 1.54) is 27.4 Å². The Morgan fingerprint density at radius 3 is 2.15 bits per heavy atom. The van der Waals surface area contributed by atoms with Gasteiger partial charge < -0.3 is 14.0 Å². The Bertz CT molecular complexity index is 2670. The molecule has 0 saturated heterocycles. The van der Waals surface area contributed by atoms with Gasteiger partial charge in [-0.25, -0.2) is 0 Å². The summed E-state index contributed by atoms with van der Waals surface area (Å²) in [7, 11) is -1.50. The van der Waals surface area contributed by atoms with E-state index in [1.54, 1.807) is 0 Å². The number of furan rings is 1. The van der Waals surface area contributed by atoms with Crippen LogP contribution in [-0.4, -0.2) is 22.6 Å². The first kappa shape index (κ1) is 36.0. The van der Waals surface area contributed by atoms with E-state index in [-0.39, 0.29) is 20.1 Å². The van der Waals surface area contributed by atoms with Crippen molar-refractivity contribution in [1.29, 1.82) is 0 Å². The Kier molecular flexibility index (Phi) is 10.1. The van der Waals surface area contributed by atoms with Gasteiger partial charge in [0.2, 0.25) is 0 Å². The minimum absolute atomic E-state index is 0. The molecular formula is C47H39IrN3OSi-2. The molecule has 3 heterocycles. The molecule has 0 atom stereocenters. The fourth-order valence-electron chi connectivity index (χ4n) is 7.09. The van der Waals surface area contributed by atoms with Crippen molar-refractivity contribution in [2.75, 3.05) is 0 Å². The molecule has 53 heavy (non-hydrogen) atoms. The van der Waals surface area contributed by atoms with Crippen molar-refractivity contribution in [2.24, 2.45) is 0 Å². The third kappa shape index (κ3) is 6.94. The quantitative estimate of drug-likeness (QED) is 0.128. The minimum atomic E-state index is -1.50. The number of benzene rings is 6. The average molecular weight is 882 g/mol. The van der Waals surface area contributed by atoms with E-state index in [9.17, 15) is 0 Å². The van der Waals surface area contributed by atoms with Gasteiger partial charge in [-0.05, 0) is 77.3 Å². The van der Waals surface area contributed by atoms with Crippen LogP contribution in [0.5, 0.6) is 0 Å². The Morgan fingerprint density at radius 2 is 1.40 bits per heavy atom. The summed E-state index contributed by atoms with van der Waals surface area (Å²) in [6.07, 6.45) is 2.10. The van der Waals surface area contributed by atoms with Crippen molar-refractivity contribution < 1.29 is 24.5 Å². The summed E-state index contributed by atoms with van der Waals surface area (Å²) in [4.78, 5) is 9.72. The van der Waals surface area contributed by atoms with Gasteiger partial charge in [-0.3, -0.25) is 4.98 Å². The van der Waals surface area contributed by atoms with E-state index < -0.39 is 8.07 Å². The first-order valence-corrected chi connectivity index (χ1v) is 21.2. The second-order valence-corrected chi connectivity index (χ2v) is 19.2. The number of pyridine rings is 1. The van der Waals surface area contributed by atoms with Crippen LogP contribution < -0.4 is 5.19 Å². The Labute approximate surface area is 325 Å². The number of aryl methyl sites for hydroxylation is 2. The van der Waals surface area contributed by atoms with Gasteiger partial charge in [-0.1, -0.05) is 103 Å². The molecule has 0 aliphatic carbocycles. The average Bonchev–Trinajstić information content (AvgIpc) is 3.74. The van der Waals surface area contributed by atoms with Crippen LogP contribution in [0, 0.1) is 26.0 Å². The maximum absolute atomic E-state index is 6.24. The third-order valence-corrected chi connectivity index (χ3v) is 11.6. The number of fused-ring (bicyclic) bond motifs is 4. The van der Waals surface area contributed by atoms with E-state index in [4.69, 9.17) is 14.4 Å². The standard InChI is InChI=1S/C25H15N2O.C22H24NSi.Ir/c1-2-9-17(10-3-1)27-22-15-6-5-14-21(22)26-25(27)20-13-8-12-19-18-11-4-7-16-23(18)28-24(19)20;1-16-10-9-11-17(2)22(16)19-14-20(18-12-7-6-8-13-18)23-15-21(19)24(3,4)5;/h1-12,14-16H;6-12,14-15H,1-5H3;/q2*-1;. The summed E-state index contributed by atoms with van der Waals surface area (Å²) in [6, 6.07) is 54.1. The number of para-hydroxylation sites is 4. The first-order chi connectivity index (χ1) is 25.3. The summed E-state index contributed by atoms with van der Waals surface area (Å²) in [5.74, 6) is 0.831. The summed E-state index contributed by atoms with van der Waals surface area (Å²) in [6.45, 7) is 11.6. The van der Waals surface area contributed by atoms with Crippen molar-refractivity contribution in [2.45, 2.75) is 33.5 Å². The molecule has 0 N–H and O–H groups in total. The topological polar surface area (TPSA) is 43.9 Å². The summed E-state index contributed by atoms with van der Waals surface area (Å²) in [5, 5.41) is 3.60. The first-order valence-electron chi connectivity index (χ1n) is 17.7. The van der Waals surface area contributed by atoms with Crippen molar-refractivity contribution in [3.05, 3.63) is 169 Å². The summed E-state index contributed by atoms with van der Waals surface area (Å²) >= 11 is 0. The van der Waals surface area contributed by atoms with Gasteiger partial charge in [-0.2, -0.15) is 0 Å². The fourth-order valence-corrected chi connectivity index (χ4v) is 8.54. The van der Waals surface area contributed by atoms with Crippen LogP contribution >= 0.6 is 0 Å². The van der Waals surface area contributed by atoms with Gasteiger partial charge in [-0.15, -0.1) is 54.1 Å². The Morgan fingerprint density at radius 1 is 0.679 bits per heavy atom. The maximum atomic E-state index is 6.24. The van der Waals surface area contributed by atoms with Crippen LogP contribution in [0.4, 0.5) is 0 Å². The van der Waals surface area contributed by atoms with Gasteiger partial charge in [0.05, 0.1) is 30.5 Å². The van der Waals surface area contributed by atoms with Gasteiger partial charge in [0.15, 0.2) is 0 Å².